The highest BCUT2D eigenvalue weighted by Crippen LogP contribution is 2.28. The van der Waals surface area contributed by atoms with E-state index in [-0.39, 0.29) is 34.5 Å². The number of thiocarbonyl (C=S) groups is 1. The molecule has 2 aromatic carbocycles. The Labute approximate surface area is 180 Å². The zero-order valence-electron chi connectivity index (χ0n) is 16.7. The standard InChI is InChI=1S/C18H23N5O5S2/c1-4-22(5-2)30(26,27)17-12-14(23(24)25)9-10-16(17)20-21-18(29)19-13-7-6-8-15(11-13)28-3/h6-12,20H,4-5H2,1-3H3,(H2,19,21,29). The molecular weight excluding hydrogens is 430 g/mol. The fourth-order valence-corrected chi connectivity index (χ4v) is 4.42. The van der Waals surface area contributed by atoms with Crippen LogP contribution in [0.4, 0.5) is 17.1 Å². The van der Waals surface area contributed by atoms with Crippen molar-refractivity contribution in [3.05, 3.63) is 52.6 Å². The van der Waals surface area contributed by atoms with Crippen molar-refractivity contribution in [3.8, 4) is 5.75 Å². The first-order valence-corrected chi connectivity index (χ1v) is 10.8. The summed E-state index contributed by atoms with van der Waals surface area (Å²) >= 11 is 5.22. The predicted octanol–water partition coefficient (Wildman–Crippen LogP) is 2.95. The highest BCUT2D eigenvalue weighted by Gasteiger charge is 2.27. The van der Waals surface area contributed by atoms with Gasteiger partial charge in [0.1, 0.15) is 10.6 Å². The Balaban J connectivity index is 2.26. The van der Waals surface area contributed by atoms with Crippen LogP contribution < -0.4 is 20.9 Å². The van der Waals surface area contributed by atoms with Crippen molar-refractivity contribution in [2.75, 3.05) is 30.9 Å². The third-order valence-corrected chi connectivity index (χ3v) is 6.43. The van der Waals surface area contributed by atoms with Crippen molar-refractivity contribution in [2.24, 2.45) is 0 Å². The highest BCUT2D eigenvalue weighted by molar-refractivity contribution is 7.89. The van der Waals surface area contributed by atoms with Gasteiger partial charge in [-0.2, -0.15) is 4.31 Å². The number of rotatable bonds is 9. The van der Waals surface area contributed by atoms with Crippen LogP contribution in [0, 0.1) is 10.1 Å². The molecule has 30 heavy (non-hydrogen) atoms. The average Bonchev–Trinajstić information content (AvgIpc) is 2.72. The van der Waals surface area contributed by atoms with Gasteiger partial charge in [0.2, 0.25) is 10.0 Å². The number of nitro groups is 1. The van der Waals surface area contributed by atoms with Crippen LogP contribution in [0.1, 0.15) is 13.8 Å². The van der Waals surface area contributed by atoms with E-state index in [2.05, 4.69) is 16.2 Å². The van der Waals surface area contributed by atoms with Crippen LogP contribution in [0.15, 0.2) is 47.4 Å². The lowest BCUT2D eigenvalue weighted by molar-refractivity contribution is -0.385. The number of sulfonamides is 1. The lowest BCUT2D eigenvalue weighted by Crippen LogP contribution is -2.35. The van der Waals surface area contributed by atoms with Gasteiger partial charge < -0.3 is 10.1 Å². The molecule has 0 aliphatic carbocycles. The molecule has 2 aromatic rings. The van der Waals surface area contributed by atoms with Crippen molar-refractivity contribution < 1.29 is 18.1 Å². The maximum Gasteiger partial charge on any atom is 0.270 e. The van der Waals surface area contributed by atoms with E-state index in [9.17, 15) is 18.5 Å². The fourth-order valence-electron chi connectivity index (χ4n) is 2.63. The lowest BCUT2D eigenvalue weighted by atomic mass is 10.3. The third-order valence-electron chi connectivity index (χ3n) is 4.14. The SMILES string of the molecule is CCN(CC)S(=O)(=O)c1cc([N+](=O)[O-])ccc1NNC(=S)Nc1cccc(OC)c1. The van der Waals surface area contributed by atoms with E-state index in [1.54, 1.807) is 45.2 Å². The molecule has 0 saturated heterocycles. The molecular formula is C18H23N5O5S2. The number of hydrogen-bond acceptors (Lipinski definition) is 7. The molecule has 0 fully saturated rings. The number of methoxy groups -OCH3 is 1. The molecule has 162 valence electrons. The normalized spacial score (nSPS) is 11.1. The molecule has 0 heterocycles. The number of nitrogens with zero attached hydrogens (tertiary/aromatic N) is 2. The summed E-state index contributed by atoms with van der Waals surface area (Å²) in [6.07, 6.45) is 0. The van der Waals surface area contributed by atoms with E-state index in [1.807, 2.05) is 0 Å². The lowest BCUT2D eigenvalue weighted by Gasteiger charge is -2.21. The van der Waals surface area contributed by atoms with E-state index in [0.29, 0.717) is 11.4 Å². The first kappa shape index (κ1) is 23.3. The van der Waals surface area contributed by atoms with Crippen LogP contribution in [-0.4, -0.2) is 43.0 Å². The third kappa shape index (κ3) is 5.55. The van der Waals surface area contributed by atoms with Crippen molar-refractivity contribution in [1.82, 2.24) is 9.73 Å². The molecule has 0 unspecified atom stereocenters. The first-order valence-electron chi connectivity index (χ1n) is 8.98. The average molecular weight is 454 g/mol. The van der Waals surface area contributed by atoms with Gasteiger partial charge in [0.15, 0.2) is 5.11 Å². The largest absolute Gasteiger partial charge is 0.497 e. The smallest absolute Gasteiger partial charge is 0.270 e. The maximum absolute atomic E-state index is 13.0. The number of non-ortho nitro benzene ring substituents is 1. The minimum absolute atomic E-state index is 0.127. The van der Waals surface area contributed by atoms with Gasteiger partial charge in [0, 0.05) is 37.0 Å². The van der Waals surface area contributed by atoms with Crippen LogP contribution >= 0.6 is 12.2 Å². The Morgan fingerprint density at radius 1 is 1.20 bits per heavy atom. The Morgan fingerprint density at radius 2 is 1.90 bits per heavy atom. The van der Waals surface area contributed by atoms with Crippen LogP contribution in [0.25, 0.3) is 0 Å². The minimum Gasteiger partial charge on any atom is -0.497 e. The van der Waals surface area contributed by atoms with E-state index in [1.165, 1.54) is 16.4 Å². The molecule has 0 aliphatic rings. The highest BCUT2D eigenvalue weighted by atomic mass is 32.2. The number of hydrogen-bond donors (Lipinski definition) is 3. The van der Waals surface area contributed by atoms with Gasteiger partial charge in [-0.05, 0) is 30.4 Å². The monoisotopic (exact) mass is 453 g/mol. The molecule has 0 saturated carbocycles. The Morgan fingerprint density at radius 3 is 2.50 bits per heavy atom. The van der Waals surface area contributed by atoms with Crippen molar-refractivity contribution in [2.45, 2.75) is 18.7 Å². The molecule has 0 aliphatic heterocycles. The van der Waals surface area contributed by atoms with Crippen LogP contribution in [0.3, 0.4) is 0 Å². The summed E-state index contributed by atoms with van der Waals surface area (Å²) in [5, 5.41) is 14.2. The zero-order chi connectivity index (χ0) is 22.3. The summed E-state index contributed by atoms with van der Waals surface area (Å²) in [5.41, 5.74) is 5.88. The molecule has 10 nitrogen and oxygen atoms in total. The Bertz CT molecular complexity index is 1030. The number of nitrogens with one attached hydrogen (secondary N) is 3. The summed E-state index contributed by atoms with van der Waals surface area (Å²) < 4.78 is 32.3. The van der Waals surface area contributed by atoms with Gasteiger partial charge in [-0.15, -0.1) is 0 Å². The summed E-state index contributed by atoms with van der Waals surface area (Å²) in [5.74, 6) is 0.638. The number of hydrazine groups is 1. The second-order valence-electron chi connectivity index (χ2n) is 5.96. The van der Waals surface area contributed by atoms with Gasteiger partial charge in [-0.25, -0.2) is 8.42 Å². The quantitative estimate of drug-likeness (QED) is 0.298. The topological polar surface area (TPSA) is 126 Å². The summed E-state index contributed by atoms with van der Waals surface area (Å²) in [7, 11) is -2.41. The molecule has 0 radical (unpaired) electrons. The van der Waals surface area contributed by atoms with Gasteiger partial charge >= 0.3 is 0 Å². The minimum atomic E-state index is -3.96. The van der Waals surface area contributed by atoms with Crippen molar-refractivity contribution in [1.29, 1.82) is 0 Å². The molecule has 12 heteroatoms. The Kier molecular flexibility index (Phi) is 7.92. The van der Waals surface area contributed by atoms with Crippen LogP contribution in [-0.2, 0) is 10.0 Å². The van der Waals surface area contributed by atoms with Crippen LogP contribution in [0.5, 0.6) is 5.75 Å². The van der Waals surface area contributed by atoms with Crippen molar-refractivity contribution >= 4 is 44.4 Å². The van der Waals surface area contributed by atoms with Crippen molar-refractivity contribution in [3.63, 3.8) is 0 Å². The number of anilines is 2. The van der Waals surface area contributed by atoms with E-state index < -0.39 is 14.9 Å². The molecule has 0 aromatic heterocycles. The number of benzene rings is 2. The molecule has 0 bridgehead atoms. The zero-order valence-corrected chi connectivity index (χ0v) is 18.3. The van der Waals surface area contributed by atoms with E-state index in [0.717, 1.165) is 6.07 Å². The summed E-state index contributed by atoms with van der Waals surface area (Å²) in [4.78, 5) is 10.3. The van der Waals surface area contributed by atoms with Crippen LogP contribution in [0.2, 0.25) is 0 Å². The second kappa shape index (κ2) is 10.2. The van der Waals surface area contributed by atoms with Gasteiger partial charge in [-0.1, -0.05) is 19.9 Å². The number of ether oxygens (including phenoxy) is 1. The second-order valence-corrected chi connectivity index (χ2v) is 8.28. The fraction of sp³-hybridized carbons (Fsp3) is 0.278. The molecule has 0 amide bonds. The molecule has 3 N–H and O–H groups in total. The summed E-state index contributed by atoms with van der Waals surface area (Å²) in [6, 6.07) is 10.6. The first-order chi connectivity index (χ1) is 14.2. The number of nitro benzene ring substituents is 1. The summed E-state index contributed by atoms with van der Waals surface area (Å²) in [6.45, 7) is 3.84. The Hall–Kier alpha value is -2.96. The van der Waals surface area contributed by atoms with E-state index >= 15 is 0 Å². The van der Waals surface area contributed by atoms with Gasteiger partial charge in [0.25, 0.3) is 5.69 Å². The van der Waals surface area contributed by atoms with Gasteiger partial charge in [-0.3, -0.25) is 21.0 Å². The molecule has 0 spiro atoms. The molecule has 2 rings (SSSR count). The van der Waals surface area contributed by atoms with Gasteiger partial charge in [0.05, 0.1) is 17.7 Å². The predicted molar refractivity (Wildman–Crippen MR) is 119 cm³/mol. The molecule has 0 atom stereocenters. The maximum atomic E-state index is 13.0. The van der Waals surface area contributed by atoms with E-state index in [4.69, 9.17) is 17.0 Å².